The highest BCUT2D eigenvalue weighted by Crippen LogP contribution is 2.49. The zero-order chi connectivity index (χ0) is 35.3. The average molecular weight is 687 g/mol. The Labute approximate surface area is 308 Å². The van der Waals surface area contributed by atoms with Crippen molar-refractivity contribution in [1.82, 2.24) is 0 Å². The van der Waals surface area contributed by atoms with Crippen LogP contribution in [0, 0.1) is 17.8 Å². The summed E-state index contributed by atoms with van der Waals surface area (Å²) in [6, 6.07) is 32.8. The van der Waals surface area contributed by atoms with Gasteiger partial charge < -0.3 is 20.9 Å². The minimum absolute atomic E-state index is 0.0238. The minimum Gasteiger partial charge on any atom is -0.457 e. The molecule has 2 aliphatic rings. The smallest absolute Gasteiger partial charge is 0.127 e. The second-order valence-corrected chi connectivity index (χ2v) is 15.8. The highest BCUT2D eigenvalue weighted by Gasteiger charge is 2.38. The Morgan fingerprint density at radius 2 is 0.804 bits per heavy atom. The van der Waals surface area contributed by atoms with E-state index < -0.39 is 0 Å². The second-order valence-electron chi connectivity index (χ2n) is 15.8. The van der Waals surface area contributed by atoms with Crippen molar-refractivity contribution < 1.29 is 9.47 Å². The summed E-state index contributed by atoms with van der Waals surface area (Å²) in [5, 5.41) is 0. The van der Waals surface area contributed by atoms with Gasteiger partial charge in [-0.3, -0.25) is 0 Å². The Balaban J connectivity index is 1.05. The third kappa shape index (κ3) is 10.6. The molecule has 4 N–H and O–H groups in total. The van der Waals surface area contributed by atoms with Crippen LogP contribution in [0.2, 0.25) is 0 Å². The first kappa shape index (κ1) is 36.9. The lowest BCUT2D eigenvalue weighted by molar-refractivity contribution is 0.208. The molecule has 0 aliphatic heterocycles. The molecule has 0 bridgehead atoms. The SMILES string of the molecule is CCCCCCCCC[C@H]1CC[C@H](CCC2CCC(c3ccc(Oc4ccc(N)cc4)cc3)(c3ccc(Oc4ccc(N)cc4)cc3)CC2)CC1. The molecule has 4 nitrogen and oxygen atoms in total. The Morgan fingerprint density at radius 1 is 0.451 bits per heavy atom. The molecule has 6 rings (SSSR count). The van der Waals surface area contributed by atoms with Crippen molar-refractivity contribution in [2.75, 3.05) is 11.5 Å². The molecule has 0 radical (unpaired) electrons. The summed E-state index contributed by atoms with van der Waals surface area (Å²) < 4.78 is 12.3. The van der Waals surface area contributed by atoms with Crippen LogP contribution < -0.4 is 20.9 Å². The number of anilines is 2. The summed E-state index contributed by atoms with van der Waals surface area (Å²) in [4.78, 5) is 0. The third-order valence-corrected chi connectivity index (χ3v) is 12.2. The zero-order valence-corrected chi connectivity index (χ0v) is 31.2. The normalized spacial score (nSPS) is 19.1. The number of nitrogen functional groups attached to an aromatic ring is 2. The van der Waals surface area contributed by atoms with Crippen molar-refractivity contribution >= 4 is 11.4 Å². The van der Waals surface area contributed by atoms with Crippen molar-refractivity contribution in [3.05, 3.63) is 108 Å². The molecule has 4 aromatic rings. The van der Waals surface area contributed by atoms with Crippen LogP contribution in [0.1, 0.15) is 134 Å². The molecule has 0 amide bonds. The predicted molar refractivity (Wildman–Crippen MR) is 215 cm³/mol. The molecular weight excluding hydrogens is 625 g/mol. The van der Waals surface area contributed by atoms with Gasteiger partial charge in [0.05, 0.1) is 0 Å². The molecule has 0 heterocycles. The van der Waals surface area contributed by atoms with E-state index in [1.165, 1.54) is 127 Å². The molecule has 4 aromatic carbocycles. The van der Waals surface area contributed by atoms with E-state index in [-0.39, 0.29) is 5.41 Å². The number of nitrogens with two attached hydrogens (primary N) is 2. The van der Waals surface area contributed by atoms with Crippen LogP contribution in [0.3, 0.4) is 0 Å². The van der Waals surface area contributed by atoms with E-state index in [0.29, 0.717) is 0 Å². The average Bonchev–Trinajstić information content (AvgIpc) is 3.17. The van der Waals surface area contributed by atoms with Crippen LogP contribution in [0.15, 0.2) is 97.1 Å². The summed E-state index contributed by atoms with van der Waals surface area (Å²) in [5.41, 5.74) is 16.0. The Bertz CT molecular complexity index is 1470. The van der Waals surface area contributed by atoms with Crippen LogP contribution in [0.25, 0.3) is 0 Å². The quantitative estimate of drug-likeness (QED) is 0.0857. The van der Waals surface area contributed by atoms with Gasteiger partial charge in [-0.05, 0) is 127 Å². The van der Waals surface area contributed by atoms with Gasteiger partial charge in [0.15, 0.2) is 0 Å². The van der Waals surface area contributed by atoms with E-state index in [1.807, 2.05) is 48.5 Å². The number of hydrogen-bond acceptors (Lipinski definition) is 4. The predicted octanol–water partition coefficient (Wildman–Crippen LogP) is 13.6. The number of ether oxygens (including phenoxy) is 2. The maximum absolute atomic E-state index is 6.17. The highest BCUT2D eigenvalue weighted by atomic mass is 16.5. The van der Waals surface area contributed by atoms with Crippen molar-refractivity contribution in [2.45, 2.75) is 128 Å². The monoisotopic (exact) mass is 686 g/mol. The lowest BCUT2D eigenvalue weighted by Gasteiger charge is -2.42. The van der Waals surface area contributed by atoms with Crippen molar-refractivity contribution in [2.24, 2.45) is 17.8 Å². The summed E-state index contributed by atoms with van der Waals surface area (Å²) in [6.45, 7) is 2.31. The van der Waals surface area contributed by atoms with E-state index in [4.69, 9.17) is 20.9 Å². The first-order chi connectivity index (χ1) is 25.0. The number of benzene rings is 4. The molecule has 51 heavy (non-hydrogen) atoms. The number of unbranched alkanes of at least 4 members (excludes halogenated alkanes) is 6. The van der Waals surface area contributed by atoms with Crippen LogP contribution in [0.4, 0.5) is 11.4 Å². The third-order valence-electron chi connectivity index (χ3n) is 12.2. The molecule has 0 aromatic heterocycles. The summed E-state index contributed by atoms with van der Waals surface area (Å²) in [7, 11) is 0. The van der Waals surface area contributed by atoms with Crippen molar-refractivity contribution in [3.8, 4) is 23.0 Å². The van der Waals surface area contributed by atoms with Crippen LogP contribution in [0.5, 0.6) is 23.0 Å². The molecule has 0 atom stereocenters. The first-order valence-corrected chi connectivity index (χ1v) is 20.3. The van der Waals surface area contributed by atoms with E-state index in [9.17, 15) is 0 Å². The van der Waals surface area contributed by atoms with E-state index in [0.717, 1.165) is 52.1 Å². The molecular formula is C47H62N2O2. The Hall–Kier alpha value is -3.92. The molecule has 272 valence electrons. The fourth-order valence-electron chi connectivity index (χ4n) is 8.90. The van der Waals surface area contributed by atoms with E-state index >= 15 is 0 Å². The van der Waals surface area contributed by atoms with Crippen LogP contribution in [-0.4, -0.2) is 0 Å². The maximum atomic E-state index is 6.17. The minimum atomic E-state index is -0.0238. The Kier molecular flexibility index (Phi) is 13.4. The molecule has 4 heteroatoms. The topological polar surface area (TPSA) is 70.5 Å². The van der Waals surface area contributed by atoms with Gasteiger partial charge in [-0.2, -0.15) is 0 Å². The summed E-state index contributed by atoms with van der Waals surface area (Å²) in [6.07, 6.45) is 25.1. The second kappa shape index (κ2) is 18.5. The van der Waals surface area contributed by atoms with Crippen molar-refractivity contribution in [1.29, 1.82) is 0 Å². The van der Waals surface area contributed by atoms with Gasteiger partial charge in [-0.25, -0.2) is 0 Å². The Morgan fingerprint density at radius 3 is 1.24 bits per heavy atom. The van der Waals surface area contributed by atoms with Gasteiger partial charge in [-0.1, -0.05) is 121 Å². The fraction of sp³-hybridized carbons (Fsp3) is 0.489. The van der Waals surface area contributed by atoms with Gasteiger partial charge in [0.25, 0.3) is 0 Å². The van der Waals surface area contributed by atoms with Crippen molar-refractivity contribution in [3.63, 3.8) is 0 Å². The summed E-state index contributed by atoms with van der Waals surface area (Å²) in [5.74, 6) is 6.05. The summed E-state index contributed by atoms with van der Waals surface area (Å²) >= 11 is 0. The lowest BCUT2D eigenvalue weighted by Crippen LogP contribution is -2.33. The molecule has 0 spiro atoms. The zero-order valence-electron chi connectivity index (χ0n) is 31.2. The molecule has 2 saturated carbocycles. The number of hydrogen-bond donors (Lipinski definition) is 2. The van der Waals surface area contributed by atoms with Gasteiger partial charge in [-0.15, -0.1) is 0 Å². The largest absolute Gasteiger partial charge is 0.457 e. The standard InChI is InChI=1S/C47H62N2O2/c1-2-3-4-5-6-7-8-9-36-10-12-37(13-11-36)14-15-38-32-34-47(35-33-38,39-16-24-43(25-17-39)50-45-28-20-41(48)21-29-45)40-18-26-44(27-19-40)51-46-30-22-42(49)23-31-46/h16-31,36-38H,2-15,32-35,48-49H2,1H3/t36-,37-. The van der Waals surface area contributed by atoms with Crippen LogP contribution >= 0.6 is 0 Å². The van der Waals surface area contributed by atoms with E-state index in [1.54, 1.807) is 0 Å². The fourth-order valence-corrected chi connectivity index (χ4v) is 8.90. The molecule has 0 saturated heterocycles. The highest BCUT2D eigenvalue weighted by molar-refractivity contribution is 5.47. The molecule has 2 fully saturated rings. The van der Waals surface area contributed by atoms with Gasteiger partial charge in [0, 0.05) is 16.8 Å². The number of rotatable bonds is 17. The van der Waals surface area contributed by atoms with E-state index in [2.05, 4.69) is 55.5 Å². The first-order valence-electron chi connectivity index (χ1n) is 20.3. The van der Waals surface area contributed by atoms with Gasteiger partial charge >= 0.3 is 0 Å². The van der Waals surface area contributed by atoms with Crippen LogP contribution in [-0.2, 0) is 5.41 Å². The molecule has 2 aliphatic carbocycles. The molecule has 0 unspecified atom stereocenters. The van der Waals surface area contributed by atoms with Gasteiger partial charge in [0.2, 0.25) is 0 Å². The van der Waals surface area contributed by atoms with Gasteiger partial charge in [0.1, 0.15) is 23.0 Å². The maximum Gasteiger partial charge on any atom is 0.127 e. The lowest BCUT2D eigenvalue weighted by atomic mass is 9.62.